The van der Waals surface area contributed by atoms with Crippen molar-refractivity contribution in [2.75, 3.05) is 0 Å². The zero-order valence-electron chi connectivity index (χ0n) is 1.97. The fraction of sp³-hybridized carbons (Fsp3) is 0. The molecule has 0 aromatic heterocycles. The third-order valence-corrected chi connectivity index (χ3v) is 0. The first-order chi connectivity index (χ1) is 0. The van der Waals surface area contributed by atoms with Gasteiger partial charge in [-0.25, -0.2) is 0 Å². The third kappa shape index (κ3) is 10.2. The summed E-state index contributed by atoms with van der Waals surface area (Å²) in [6.07, 6.45) is 0. The predicted molar refractivity (Wildman–Crippen MR) is 9.63 cm³/mol. The molecular weight excluding hydrogens is 150 g/mol. The largest absolute Gasteiger partial charge is 4.00 e. The van der Waals surface area contributed by atoms with Crippen molar-refractivity contribution in [1.29, 1.82) is 0 Å². The first-order valence-corrected chi connectivity index (χ1v) is 0. The van der Waals surface area contributed by atoms with Gasteiger partial charge in [-0.3, -0.25) is 0 Å². The molecule has 0 saturated carbocycles. The molecule has 0 heterocycles. The van der Waals surface area contributed by atoms with E-state index in [-0.39, 0.29) is 54.5 Å². The molecule has 0 saturated heterocycles. The van der Waals surface area contributed by atoms with Crippen LogP contribution in [0.2, 0.25) is 0 Å². The Hall–Kier alpha value is 1.34. The van der Waals surface area contributed by atoms with Crippen LogP contribution < -0.4 is 0 Å². The second-order valence-corrected chi connectivity index (χ2v) is 0. The third-order valence-electron chi connectivity index (χ3n) is 0. The van der Waals surface area contributed by atoms with E-state index >= 15 is 0 Å². The molecule has 4 heavy (non-hydrogen) atoms. The van der Waals surface area contributed by atoms with E-state index in [0.29, 0.717) is 0 Å². The Morgan fingerprint density at radius 2 is 0.750 bits per heavy atom. The molecule has 0 unspecified atom stereocenters. The molecule has 4 heteroatoms. The molecule has 0 bridgehead atoms. The van der Waals surface area contributed by atoms with Gasteiger partial charge in [-0.1, -0.05) is 0 Å². The van der Waals surface area contributed by atoms with E-state index in [2.05, 4.69) is 0 Å². The molecule has 0 spiro atoms. The average Bonchev–Trinajstić information content (AvgIpc) is 0. The van der Waals surface area contributed by atoms with E-state index in [0.717, 1.165) is 0 Å². The summed E-state index contributed by atoms with van der Waals surface area (Å²) < 4.78 is 0. The summed E-state index contributed by atoms with van der Waals surface area (Å²) in [5.74, 6) is 0. The summed E-state index contributed by atoms with van der Waals surface area (Å²) in [6, 6.07) is 0. The minimum absolute atomic E-state index is 0. The standard InChI is InChI=1S/Al.2H2O.Zr/h;2*1H2;/q+3;;;+4/p-2. The van der Waals surface area contributed by atoms with Crippen LogP contribution >= 0.6 is 0 Å². The summed E-state index contributed by atoms with van der Waals surface area (Å²) >= 11 is 0. The predicted octanol–water partition coefficient (Wildman–Crippen LogP) is -0.737. The van der Waals surface area contributed by atoms with Crippen molar-refractivity contribution in [2.24, 2.45) is 0 Å². The van der Waals surface area contributed by atoms with Crippen molar-refractivity contribution in [3.8, 4) is 0 Å². The van der Waals surface area contributed by atoms with Crippen molar-refractivity contribution in [1.82, 2.24) is 0 Å². The van der Waals surface area contributed by atoms with E-state index in [9.17, 15) is 0 Å². The SMILES string of the molecule is [Al+3].[OH-].[OH-].[Zr+4]. The van der Waals surface area contributed by atoms with Crippen LogP contribution in [0.15, 0.2) is 0 Å². The zero-order valence-corrected chi connectivity index (χ0v) is 5.58. The molecule has 0 aliphatic rings. The van der Waals surface area contributed by atoms with Crippen molar-refractivity contribution < 1.29 is 37.2 Å². The topological polar surface area (TPSA) is 60.0 Å². The Bertz CT molecular complexity index is 6.00. The minimum atomic E-state index is 0. The summed E-state index contributed by atoms with van der Waals surface area (Å²) in [5.41, 5.74) is 0. The van der Waals surface area contributed by atoms with E-state index in [1.54, 1.807) is 0 Å². The quantitative estimate of drug-likeness (QED) is 0.429. The van der Waals surface area contributed by atoms with Gasteiger partial charge >= 0.3 is 43.6 Å². The van der Waals surface area contributed by atoms with Gasteiger partial charge in [0.15, 0.2) is 0 Å². The normalized spacial score (nSPS) is 0. The Labute approximate surface area is 54.5 Å². The fourth-order valence-corrected chi connectivity index (χ4v) is 0. The van der Waals surface area contributed by atoms with Gasteiger partial charge in [-0.15, -0.1) is 0 Å². The molecule has 0 aromatic carbocycles. The molecule has 0 aromatic rings. The van der Waals surface area contributed by atoms with Crippen LogP contribution in [0.3, 0.4) is 0 Å². The van der Waals surface area contributed by atoms with Crippen molar-refractivity contribution in [3.05, 3.63) is 0 Å². The molecule has 16 valence electrons. The number of hydrogen-bond donors (Lipinski definition) is 0. The molecule has 0 aliphatic carbocycles. The summed E-state index contributed by atoms with van der Waals surface area (Å²) in [6.45, 7) is 0. The molecule has 0 rings (SSSR count). The van der Waals surface area contributed by atoms with Gasteiger partial charge in [-0.2, -0.15) is 0 Å². The maximum atomic E-state index is 0. The van der Waals surface area contributed by atoms with Crippen molar-refractivity contribution in [2.45, 2.75) is 0 Å². The number of hydrogen-bond acceptors (Lipinski definition) is 2. The van der Waals surface area contributed by atoms with Gasteiger partial charge in [0.05, 0.1) is 0 Å². The molecule has 0 aliphatic heterocycles. The van der Waals surface area contributed by atoms with E-state index in [1.807, 2.05) is 0 Å². The monoisotopic (exact) mass is 151 g/mol. The maximum absolute atomic E-state index is 0. The first-order valence-electron chi connectivity index (χ1n) is 0. The minimum Gasteiger partial charge on any atom is -0.870 e. The van der Waals surface area contributed by atoms with Crippen LogP contribution in [0.5, 0.6) is 0 Å². The van der Waals surface area contributed by atoms with Crippen molar-refractivity contribution >= 4 is 17.4 Å². The van der Waals surface area contributed by atoms with Gasteiger partial charge in [0.1, 0.15) is 0 Å². The van der Waals surface area contributed by atoms with Gasteiger partial charge in [0, 0.05) is 0 Å². The fourth-order valence-electron chi connectivity index (χ4n) is 0. The van der Waals surface area contributed by atoms with E-state index < -0.39 is 0 Å². The van der Waals surface area contributed by atoms with Gasteiger partial charge < -0.3 is 11.0 Å². The van der Waals surface area contributed by atoms with Crippen LogP contribution in [-0.2, 0) is 26.2 Å². The summed E-state index contributed by atoms with van der Waals surface area (Å²) in [7, 11) is 0. The van der Waals surface area contributed by atoms with Crippen LogP contribution in [0.1, 0.15) is 0 Å². The Morgan fingerprint density at radius 3 is 0.750 bits per heavy atom. The second kappa shape index (κ2) is 27.0. The van der Waals surface area contributed by atoms with E-state index in [1.165, 1.54) is 0 Å². The summed E-state index contributed by atoms with van der Waals surface area (Å²) in [4.78, 5) is 0. The second-order valence-electron chi connectivity index (χ2n) is 0. The molecule has 0 amide bonds. The maximum Gasteiger partial charge on any atom is 4.00 e. The summed E-state index contributed by atoms with van der Waals surface area (Å²) in [5, 5.41) is 0. The Balaban J connectivity index is 0. The Morgan fingerprint density at radius 1 is 0.750 bits per heavy atom. The van der Waals surface area contributed by atoms with E-state index in [4.69, 9.17) is 0 Å². The molecule has 0 atom stereocenters. The average molecular weight is 152 g/mol. The van der Waals surface area contributed by atoms with Crippen LogP contribution in [0, 0.1) is 0 Å². The molecule has 2 nitrogen and oxygen atoms in total. The Kier molecular flexibility index (Phi) is 380. The van der Waals surface area contributed by atoms with Crippen LogP contribution in [0.4, 0.5) is 0 Å². The smallest absolute Gasteiger partial charge is 0.870 e. The first kappa shape index (κ1) is 56.2. The van der Waals surface area contributed by atoms with Gasteiger partial charge in [0.2, 0.25) is 0 Å². The zero-order chi connectivity index (χ0) is 0. The van der Waals surface area contributed by atoms with Gasteiger partial charge in [-0.05, 0) is 0 Å². The molecule has 0 radical (unpaired) electrons. The number of rotatable bonds is 0. The van der Waals surface area contributed by atoms with Crippen LogP contribution in [0.25, 0.3) is 0 Å². The molecular formula is H2AlO2Zr+5. The van der Waals surface area contributed by atoms with Crippen LogP contribution in [-0.4, -0.2) is 28.3 Å². The molecule has 2 N–H and O–H groups in total. The molecule has 0 fully saturated rings. The van der Waals surface area contributed by atoms with Crippen molar-refractivity contribution in [3.63, 3.8) is 0 Å². The van der Waals surface area contributed by atoms with Gasteiger partial charge in [0.25, 0.3) is 0 Å².